The molecule has 0 aliphatic rings. The number of hydrogen-bond donors (Lipinski definition) is 2. The van der Waals surface area contributed by atoms with Crippen molar-refractivity contribution < 1.29 is 19.1 Å². The van der Waals surface area contributed by atoms with Crippen molar-refractivity contribution in [2.24, 2.45) is 0 Å². The van der Waals surface area contributed by atoms with Crippen LogP contribution >= 0.6 is 11.3 Å². The lowest BCUT2D eigenvalue weighted by atomic mass is 10.1. The number of nitrogens with one attached hydrogen (secondary N) is 2. The van der Waals surface area contributed by atoms with E-state index in [4.69, 9.17) is 4.74 Å². The summed E-state index contributed by atoms with van der Waals surface area (Å²) in [6, 6.07) is 8.80. The summed E-state index contributed by atoms with van der Waals surface area (Å²) >= 11 is 1.34. The Morgan fingerprint density at radius 1 is 1.12 bits per heavy atom. The van der Waals surface area contributed by atoms with Gasteiger partial charge in [-0.15, -0.1) is 11.3 Å². The van der Waals surface area contributed by atoms with Crippen molar-refractivity contribution in [1.29, 1.82) is 0 Å². The Bertz CT molecular complexity index is 799. The van der Waals surface area contributed by atoms with Gasteiger partial charge in [0.25, 0.3) is 5.91 Å². The summed E-state index contributed by atoms with van der Waals surface area (Å²) in [4.78, 5) is 37.2. The molecule has 0 fully saturated rings. The van der Waals surface area contributed by atoms with Gasteiger partial charge in [-0.1, -0.05) is 18.2 Å². The minimum absolute atomic E-state index is 0.108. The van der Waals surface area contributed by atoms with Gasteiger partial charge in [0.2, 0.25) is 5.91 Å². The highest BCUT2D eigenvalue weighted by Gasteiger charge is 2.22. The Balaban J connectivity index is 1.93. The Kier molecular flexibility index (Phi) is 6.91. The third-order valence-corrected chi connectivity index (χ3v) is 4.91. The predicted molar refractivity (Wildman–Crippen MR) is 102 cm³/mol. The number of thiophene rings is 1. The number of amides is 2. The van der Waals surface area contributed by atoms with Crippen LogP contribution in [0.5, 0.6) is 0 Å². The number of rotatable bonds is 7. The smallest absolute Gasteiger partial charge is 0.341 e. The summed E-state index contributed by atoms with van der Waals surface area (Å²) in [6.07, 6.45) is 0.108. The normalized spacial score (nSPS) is 10.3. The topological polar surface area (TPSA) is 84.5 Å². The van der Waals surface area contributed by atoms with Crippen molar-refractivity contribution in [2.45, 2.75) is 27.2 Å². The minimum atomic E-state index is -0.443. The lowest BCUT2D eigenvalue weighted by Crippen LogP contribution is -2.27. The molecule has 6 nitrogen and oxygen atoms in total. The fraction of sp³-hybridized carbons (Fsp3) is 0.316. The quantitative estimate of drug-likeness (QED) is 0.728. The van der Waals surface area contributed by atoms with Crippen LogP contribution in [0.3, 0.4) is 0 Å². The van der Waals surface area contributed by atoms with Gasteiger partial charge >= 0.3 is 5.97 Å². The maximum Gasteiger partial charge on any atom is 0.341 e. The van der Waals surface area contributed by atoms with E-state index in [1.807, 2.05) is 19.9 Å². The molecule has 0 aliphatic carbocycles. The van der Waals surface area contributed by atoms with Crippen LogP contribution < -0.4 is 10.6 Å². The van der Waals surface area contributed by atoms with E-state index in [1.165, 1.54) is 11.3 Å². The lowest BCUT2D eigenvalue weighted by molar-refractivity contribution is -0.116. The third-order valence-electron chi connectivity index (χ3n) is 3.79. The average Bonchev–Trinajstić information content (AvgIpc) is 2.89. The summed E-state index contributed by atoms with van der Waals surface area (Å²) in [5.74, 6) is -0.944. The fourth-order valence-corrected chi connectivity index (χ4v) is 3.40. The zero-order chi connectivity index (χ0) is 19.1. The molecule has 26 heavy (non-hydrogen) atoms. The lowest BCUT2D eigenvalue weighted by Gasteiger charge is -2.08. The van der Waals surface area contributed by atoms with Crippen LogP contribution in [0.25, 0.3) is 0 Å². The van der Waals surface area contributed by atoms with E-state index in [2.05, 4.69) is 10.6 Å². The highest BCUT2D eigenvalue weighted by Crippen LogP contribution is 2.33. The molecule has 7 heteroatoms. The maximum absolute atomic E-state index is 12.2. The van der Waals surface area contributed by atoms with E-state index in [0.717, 1.165) is 10.4 Å². The molecule has 2 rings (SSSR count). The molecule has 1 heterocycles. The molecule has 138 valence electrons. The van der Waals surface area contributed by atoms with Crippen LogP contribution in [0, 0.1) is 13.8 Å². The summed E-state index contributed by atoms with van der Waals surface area (Å²) in [6.45, 7) is 5.93. The van der Waals surface area contributed by atoms with Crippen molar-refractivity contribution in [2.75, 3.05) is 18.5 Å². The third kappa shape index (κ3) is 4.92. The average molecular weight is 374 g/mol. The Morgan fingerprint density at radius 3 is 2.46 bits per heavy atom. The van der Waals surface area contributed by atoms with Gasteiger partial charge in [-0.2, -0.15) is 0 Å². The first-order valence-electron chi connectivity index (χ1n) is 8.34. The highest BCUT2D eigenvalue weighted by molar-refractivity contribution is 7.16. The molecular weight excluding hydrogens is 352 g/mol. The summed E-state index contributed by atoms with van der Waals surface area (Å²) in [5, 5.41) is 5.94. The molecule has 1 aromatic carbocycles. The zero-order valence-electron chi connectivity index (χ0n) is 15.0. The van der Waals surface area contributed by atoms with Crippen molar-refractivity contribution >= 4 is 34.1 Å². The monoisotopic (exact) mass is 374 g/mol. The minimum Gasteiger partial charge on any atom is -0.462 e. The second-order valence-corrected chi connectivity index (χ2v) is 6.85. The number of aryl methyl sites for hydroxylation is 1. The first-order valence-corrected chi connectivity index (χ1v) is 9.15. The predicted octanol–water partition coefficient (Wildman–Crippen LogP) is 3.30. The second kappa shape index (κ2) is 9.15. The summed E-state index contributed by atoms with van der Waals surface area (Å²) in [5.41, 5.74) is 1.75. The van der Waals surface area contributed by atoms with Gasteiger partial charge in [0.05, 0.1) is 12.2 Å². The maximum atomic E-state index is 12.2. The molecule has 0 bridgehead atoms. The standard InChI is InChI=1S/C19H22N2O4S/c1-4-25-19(24)16-12(2)13(3)26-18(16)21-15(22)10-11-20-17(23)14-8-6-5-7-9-14/h5-9H,4,10-11H2,1-3H3,(H,20,23)(H,21,22). The zero-order valence-corrected chi connectivity index (χ0v) is 15.9. The summed E-state index contributed by atoms with van der Waals surface area (Å²) in [7, 11) is 0. The van der Waals surface area contributed by atoms with Crippen molar-refractivity contribution in [3.8, 4) is 0 Å². The molecule has 2 amide bonds. The van der Waals surface area contributed by atoms with Gasteiger partial charge in [0.15, 0.2) is 0 Å². The number of carbonyl (C=O) groups excluding carboxylic acids is 3. The Morgan fingerprint density at radius 2 is 1.81 bits per heavy atom. The van der Waals surface area contributed by atoms with Crippen LogP contribution in [0.2, 0.25) is 0 Å². The molecule has 0 saturated heterocycles. The molecule has 2 N–H and O–H groups in total. The number of esters is 1. The van der Waals surface area contributed by atoms with Crippen molar-refractivity contribution in [3.63, 3.8) is 0 Å². The molecule has 0 unspecified atom stereocenters. The largest absolute Gasteiger partial charge is 0.462 e. The molecule has 0 saturated carbocycles. The number of anilines is 1. The van der Waals surface area contributed by atoms with E-state index in [1.54, 1.807) is 31.2 Å². The first kappa shape index (κ1) is 19.7. The van der Waals surface area contributed by atoms with E-state index in [-0.39, 0.29) is 31.4 Å². The Hall–Kier alpha value is -2.67. The van der Waals surface area contributed by atoms with Gasteiger partial charge in [-0.3, -0.25) is 9.59 Å². The molecule has 0 atom stereocenters. The summed E-state index contributed by atoms with van der Waals surface area (Å²) < 4.78 is 5.07. The van der Waals surface area contributed by atoms with Crippen LogP contribution in [-0.4, -0.2) is 30.9 Å². The van der Waals surface area contributed by atoms with Gasteiger partial charge < -0.3 is 15.4 Å². The van der Waals surface area contributed by atoms with Crippen LogP contribution in [0.15, 0.2) is 30.3 Å². The van der Waals surface area contributed by atoms with Crippen LogP contribution in [0.1, 0.15) is 44.5 Å². The fourth-order valence-electron chi connectivity index (χ4n) is 2.33. The number of ether oxygens (including phenoxy) is 1. The molecule has 0 aliphatic heterocycles. The number of carbonyl (C=O) groups is 3. The molecule has 0 radical (unpaired) electrons. The Labute approximate surface area is 156 Å². The molecule has 1 aromatic heterocycles. The van der Waals surface area contributed by atoms with Gasteiger partial charge in [-0.25, -0.2) is 4.79 Å². The van der Waals surface area contributed by atoms with E-state index >= 15 is 0 Å². The molecule has 2 aromatic rings. The van der Waals surface area contributed by atoms with Crippen LogP contribution in [0.4, 0.5) is 5.00 Å². The number of benzene rings is 1. The van der Waals surface area contributed by atoms with E-state index in [0.29, 0.717) is 16.1 Å². The SMILES string of the molecule is CCOC(=O)c1c(NC(=O)CCNC(=O)c2ccccc2)sc(C)c1C. The second-order valence-electron chi connectivity index (χ2n) is 5.63. The van der Waals surface area contributed by atoms with Gasteiger partial charge in [-0.05, 0) is 38.5 Å². The highest BCUT2D eigenvalue weighted by atomic mass is 32.1. The van der Waals surface area contributed by atoms with E-state index in [9.17, 15) is 14.4 Å². The van der Waals surface area contributed by atoms with Gasteiger partial charge in [0.1, 0.15) is 5.00 Å². The van der Waals surface area contributed by atoms with Crippen molar-refractivity contribution in [1.82, 2.24) is 5.32 Å². The van der Waals surface area contributed by atoms with Crippen LogP contribution in [-0.2, 0) is 9.53 Å². The molecule has 0 spiro atoms. The van der Waals surface area contributed by atoms with Crippen molar-refractivity contribution in [3.05, 3.63) is 51.9 Å². The molecular formula is C19H22N2O4S. The van der Waals surface area contributed by atoms with Gasteiger partial charge in [0, 0.05) is 23.4 Å². The van der Waals surface area contributed by atoms with E-state index < -0.39 is 5.97 Å². The first-order chi connectivity index (χ1) is 12.4. The number of hydrogen-bond acceptors (Lipinski definition) is 5.